The van der Waals surface area contributed by atoms with Crippen LogP contribution in [0.25, 0.3) is 4.85 Å². The van der Waals surface area contributed by atoms with E-state index >= 15 is 0 Å². The second kappa shape index (κ2) is 9.23. The summed E-state index contributed by atoms with van der Waals surface area (Å²) in [6.45, 7) is 7.41. The Hall–Kier alpha value is -2.78. The molecular formula is C22H19FN2O5S3. The minimum Gasteiger partial charge on any atom is -0.492 e. The van der Waals surface area contributed by atoms with Crippen molar-refractivity contribution in [3.8, 4) is 5.75 Å². The molecule has 4 rings (SSSR count). The molecule has 1 aliphatic rings. The van der Waals surface area contributed by atoms with Crippen LogP contribution in [0.15, 0.2) is 74.7 Å². The van der Waals surface area contributed by atoms with Crippen molar-refractivity contribution in [2.45, 2.75) is 32.9 Å². The van der Waals surface area contributed by atoms with Gasteiger partial charge < -0.3 is 4.74 Å². The maximum Gasteiger partial charge on any atom is 0.243 e. The molecule has 0 amide bonds. The molecule has 0 unspecified atom stereocenters. The first-order valence-electron chi connectivity index (χ1n) is 9.94. The van der Waals surface area contributed by atoms with Gasteiger partial charge in [-0.3, -0.25) is 0 Å². The molecule has 0 saturated carbocycles. The molecule has 1 atom stereocenters. The van der Waals surface area contributed by atoms with Crippen LogP contribution in [0.3, 0.4) is 0 Å². The largest absolute Gasteiger partial charge is 0.492 e. The number of rotatable bonds is 7. The molecule has 33 heavy (non-hydrogen) atoms. The predicted octanol–water partition coefficient (Wildman–Crippen LogP) is 4.50. The molecule has 0 radical (unpaired) electrons. The zero-order valence-electron chi connectivity index (χ0n) is 17.2. The topological polar surface area (TPSA) is 85.1 Å². The molecule has 0 N–H and O–H groups in total. The van der Waals surface area contributed by atoms with Crippen molar-refractivity contribution in [3.63, 3.8) is 0 Å². The monoisotopic (exact) mass is 506 g/mol. The lowest BCUT2D eigenvalue weighted by molar-refractivity contribution is 0.232. The quantitative estimate of drug-likeness (QED) is 0.441. The molecule has 0 bridgehead atoms. The van der Waals surface area contributed by atoms with Crippen LogP contribution >= 0.6 is 11.3 Å². The minimum absolute atomic E-state index is 0.0187. The second-order valence-corrected chi connectivity index (χ2v) is 12.5. The number of sulfone groups is 1. The summed E-state index contributed by atoms with van der Waals surface area (Å²) in [6, 6.07) is 13.1. The van der Waals surface area contributed by atoms with E-state index in [1.807, 2.05) is 0 Å². The van der Waals surface area contributed by atoms with Crippen molar-refractivity contribution in [2.24, 2.45) is 0 Å². The van der Waals surface area contributed by atoms with E-state index in [2.05, 4.69) is 4.85 Å². The highest BCUT2D eigenvalue weighted by atomic mass is 32.2. The average Bonchev–Trinajstić information content (AvgIpc) is 3.49. The Labute approximate surface area is 195 Å². The van der Waals surface area contributed by atoms with E-state index in [-0.39, 0.29) is 32.2 Å². The van der Waals surface area contributed by atoms with Gasteiger partial charge in [-0.2, -0.15) is 4.31 Å². The summed E-state index contributed by atoms with van der Waals surface area (Å²) < 4.78 is 72.7. The number of hydrogen-bond donors (Lipinski definition) is 0. The number of ether oxygens (including phenoxy) is 1. The summed E-state index contributed by atoms with van der Waals surface area (Å²) in [4.78, 5) is 2.95. The molecule has 1 saturated heterocycles. The van der Waals surface area contributed by atoms with Gasteiger partial charge in [0.05, 0.1) is 22.4 Å². The first-order valence-corrected chi connectivity index (χ1v) is 13.7. The number of halogens is 1. The van der Waals surface area contributed by atoms with Gasteiger partial charge in [0, 0.05) is 6.54 Å². The van der Waals surface area contributed by atoms with E-state index in [9.17, 15) is 21.2 Å². The summed E-state index contributed by atoms with van der Waals surface area (Å²) in [5, 5.41) is 0.235. The van der Waals surface area contributed by atoms with Crippen molar-refractivity contribution in [1.29, 1.82) is 0 Å². The minimum atomic E-state index is -3.98. The maximum absolute atomic E-state index is 13.4. The van der Waals surface area contributed by atoms with Crippen molar-refractivity contribution in [2.75, 3.05) is 13.2 Å². The van der Waals surface area contributed by atoms with Crippen molar-refractivity contribution < 1.29 is 26.0 Å². The maximum atomic E-state index is 13.4. The zero-order chi connectivity index (χ0) is 23.6. The Kier molecular flexibility index (Phi) is 6.54. The van der Waals surface area contributed by atoms with Gasteiger partial charge in [-0.1, -0.05) is 6.07 Å². The van der Waals surface area contributed by atoms with Gasteiger partial charge in [-0.15, -0.1) is 11.3 Å². The lowest BCUT2D eigenvalue weighted by Crippen LogP contribution is -2.39. The SMILES string of the molecule is [C-]#[N+]c1ccc(S(=O)(=O)c2cccc(S(=O)(=O)N3CCC[C@H]3COc3ccc(F)cc3)c2)s1. The van der Waals surface area contributed by atoms with E-state index in [4.69, 9.17) is 11.3 Å². The molecule has 1 fully saturated rings. The van der Waals surface area contributed by atoms with Crippen molar-refractivity contribution >= 4 is 36.2 Å². The summed E-state index contributed by atoms with van der Waals surface area (Å²) >= 11 is 0.837. The van der Waals surface area contributed by atoms with Gasteiger partial charge in [0.1, 0.15) is 22.4 Å². The van der Waals surface area contributed by atoms with Crippen LogP contribution in [0.1, 0.15) is 12.8 Å². The fourth-order valence-corrected chi connectivity index (χ4v) is 7.91. The van der Waals surface area contributed by atoms with Gasteiger partial charge in [0.15, 0.2) is 0 Å². The second-order valence-electron chi connectivity index (χ2n) is 7.36. The molecule has 1 aromatic heterocycles. The van der Waals surface area contributed by atoms with Gasteiger partial charge in [0.2, 0.25) is 24.9 Å². The van der Waals surface area contributed by atoms with E-state index in [0.29, 0.717) is 18.6 Å². The number of benzene rings is 2. The first kappa shape index (κ1) is 23.4. The molecule has 2 aromatic carbocycles. The highest BCUT2D eigenvalue weighted by Crippen LogP contribution is 2.34. The number of sulfonamides is 1. The van der Waals surface area contributed by atoms with Crippen LogP contribution in [0, 0.1) is 12.4 Å². The third kappa shape index (κ3) is 4.79. The van der Waals surface area contributed by atoms with Crippen molar-refractivity contribution in [1.82, 2.24) is 4.31 Å². The standard InChI is InChI=1S/C22H19FN2O5S3/c1-24-21-11-12-22(31-21)32(26,27)19-5-2-6-20(14-19)33(28,29)25-13-3-4-17(25)15-30-18-9-7-16(23)8-10-18/h2,5-12,14,17H,3-4,13,15H2/t17-/m0/s1. The van der Waals surface area contributed by atoms with Crippen LogP contribution < -0.4 is 4.74 Å². The Balaban J connectivity index is 1.57. The Bertz CT molecular complexity index is 1410. The summed E-state index contributed by atoms with van der Waals surface area (Å²) in [6.07, 6.45) is 1.23. The molecule has 2 heterocycles. The van der Waals surface area contributed by atoms with E-state index < -0.39 is 31.7 Å². The summed E-state index contributed by atoms with van der Waals surface area (Å²) in [7, 11) is -7.94. The fraction of sp³-hybridized carbons (Fsp3) is 0.227. The molecule has 172 valence electrons. The highest BCUT2D eigenvalue weighted by Gasteiger charge is 2.36. The lowest BCUT2D eigenvalue weighted by atomic mass is 10.2. The van der Waals surface area contributed by atoms with Crippen LogP contribution in [0.2, 0.25) is 0 Å². The highest BCUT2D eigenvalue weighted by molar-refractivity contribution is 7.93. The zero-order valence-corrected chi connectivity index (χ0v) is 19.7. The predicted molar refractivity (Wildman–Crippen MR) is 121 cm³/mol. The van der Waals surface area contributed by atoms with Crippen LogP contribution in [0.5, 0.6) is 5.75 Å². The number of hydrogen-bond acceptors (Lipinski definition) is 6. The Morgan fingerprint density at radius 2 is 1.79 bits per heavy atom. The van der Waals surface area contributed by atoms with Gasteiger partial charge >= 0.3 is 0 Å². The molecule has 1 aliphatic heterocycles. The Morgan fingerprint density at radius 1 is 1.06 bits per heavy atom. The number of thiophene rings is 1. The first-order chi connectivity index (χ1) is 15.7. The molecule has 11 heteroatoms. The normalized spacial score (nSPS) is 17.0. The van der Waals surface area contributed by atoms with Crippen LogP contribution in [-0.2, 0) is 19.9 Å². The van der Waals surface area contributed by atoms with Crippen molar-refractivity contribution in [3.05, 3.63) is 77.9 Å². The average molecular weight is 507 g/mol. The number of nitrogens with zero attached hydrogens (tertiary/aromatic N) is 2. The van der Waals surface area contributed by atoms with Crippen LogP contribution in [-0.4, -0.2) is 40.3 Å². The third-order valence-electron chi connectivity index (χ3n) is 5.24. The van der Waals surface area contributed by atoms with Gasteiger partial charge in [0.25, 0.3) is 0 Å². The molecule has 3 aromatic rings. The third-order valence-corrected chi connectivity index (χ3v) is 10.4. The van der Waals surface area contributed by atoms with E-state index in [0.717, 1.165) is 17.4 Å². The van der Waals surface area contributed by atoms with E-state index in [1.54, 1.807) is 0 Å². The molecule has 0 aliphatic carbocycles. The fourth-order valence-electron chi connectivity index (χ4n) is 3.58. The Morgan fingerprint density at radius 3 is 2.48 bits per heavy atom. The van der Waals surface area contributed by atoms with Crippen LogP contribution in [0.4, 0.5) is 9.39 Å². The van der Waals surface area contributed by atoms with E-state index in [1.165, 1.54) is 58.9 Å². The lowest BCUT2D eigenvalue weighted by Gasteiger charge is -2.24. The molecule has 7 nitrogen and oxygen atoms in total. The van der Waals surface area contributed by atoms with Gasteiger partial charge in [-0.25, -0.2) is 26.1 Å². The summed E-state index contributed by atoms with van der Waals surface area (Å²) in [5.74, 6) is 0.0404. The molecular weight excluding hydrogens is 487 g/mol. The smallest absolute Gasteiger partial charge is 0.243 e. The molecule has 0 spiro atoms. The van der Waals surface area contributed by atoms with Gasteiger partial charge in [-0.05, 0) is 67.4 Å². The summed E-state index contributed by atoms with van der Waals surface area (Å²) in [5.41, 5.74) is 0.